The van der Waals surface area contributed by atoms with Gasteiger partial charge in [-0.15, -0.1) is 0 Å². The van der Waals surface area contributed by atoms with Crippen molar-refractivity contribution in [2.45, 2.75) is 58.8 Å². The third-order valence-corrected chi connectivity index (χ3v) is 3.98. The smallest absolute Gasteiger partial charge is 0.119 e. The molecule has 3 nitrogen and oxygen atoms in total. The van der Waals surface area contributed by atoms with Crippen LogP contribution in [0.4, 0.5) is 0 Å². The summed E-state index contributed by atoms with van der Waals surface area (Å²) in [5, 5.41) is 8.89. The molecule has 0 aromatic heterocycles. The van der Waals surface area contributed by atoms with E-state index in [2.05, 4.69) is 55.5 Å². The Labute approximate surface area is 158 Å². The normalized spacial score (nSPS) is 9.92. The largest absolute Gasteiger partial charge is 0.550 e. The van der Waals surface area contributed by atoms with Crippen molar-refractivity contribution in [2.75, 3.05) is 6.61 Å². The number of carbonyl (C=O) groups is 1. The van der Waals surface area contributed by atoms with Crippen LogP contribution in [0.5, 0.6) is 5.75 Å². The lowest BCUT2D eigenvalue weighted by molar-refractivity contribution is -0.302. The SMILES string of the molecule is CC(=O)[O-].CCCCCCCCCOc1ccc(-c2ccccc2)cc1. The maximum absolute atomic E-state index is 8.89. The number of hydrogen-bond donors (Lipinski definition) is 0. The van der Waals surface area contributed by atoms with Gasteiger partial charge in [-0.05, 0) is 36.6 Å². The number of carboxylic acids is 1. The second kappa shape index (κ2) is 13.9. The monoisotopic (exact) mass is 355 g/mol. The van der Waals surface area contributed by atoms with Crippen molar-refractivity contribution in [3.63, 3.8) is 0 Å². The van der Waals surface area contributed by atoms with Gasteiger partial charge in [0.2, 0.25) is 0 Å². The molecule has 3 heteroatoms. The van der Waals surface area contributed by atoms with E-state index in [0.717, 1.165) is 25.7 Å². The third kappa shape index (κ3) is 10.5. The summed E-state index contributed by atoms with van der Waals surface area (Å²) >= 11 is 0. The molecule has 0 unspecified atom stereocenters. The average molecular weight is 355 g/mol. The van der Waals surface area contributed by atoms with Crippen LogP contribution < -0.4 is 9.84 Å². The number of ether oxygens (including phenoxy) is 1. The van der Waals surface area contributed by atoms with E-state index in [4.69, 9.17) is 14.6 Å². The molecule has 2 rings (SSSR count). The van der Waals surface area contributed by atoms with Crippen LogP contribution in [0.1, 0.15) is 58.8 Å². The van der Waals surface area contributed by atoms with Gasteiger partial charge in [0.05, 0.1) is 6.61 Å². The van der Waals surface area contributed by atoms with Gasteiger partial charge in [0.15, 0.2) is 0 Å². The summed E-state index contributed by atoms with van der Waals surface area (Å²) in [6.45, 7) is 4.06. The van der Waals surface area contributed by atoms with Crippen LogP contribution in [0.3, 0.4) is 0 Å². The van der Waals surface area contributed by atoms with E-state index >= 15 is 0 Å². The quantitative estimate of drug-likeness (QED) is 0.548. The highest BCUT2D eigenvalue weighted by atomic mass is 16.5. The van der Waals surface area contributed by atoms with Gasteiger partial charge in [0.1, 0.15) is 5.75 Å². The van der Waals surface area contributed by atoms with Crippen LogP contribution >= 0.6 is 0 Å². The third-order valence-electron chi connectivity index (χ3n) is 3.98. The van der Waals surface area contributed by atoms with E-state index in [9.17, 15) is 0 Å². The van der Waals surface area contributed by atoms with E-state index in [0.29, 0.717) is 0 Å². The Hall–Kier alpha value is -2.29. The van der Waals surface area contributed by atoms with Crippen molar-refractivity contribution in [2.24, 2.45) is 0 Å². The maximum atomic E-state index is 8.89. The lowest BCUT2D eigenvalue weighted by Crippen LogP contribution is -2.16. The zero-order valence-electron chi connectivity index (χ0n) is 16.1. The van der Waals surface area contributed by atoms with Gasteiger partial charge >= 0.3 is 0 Å². The van der Waals surface area contributed by atoms with Crippen molar-refractivity contribution in [1.29, 1.82) is 0 Å². The molecule has 0 spiro atoms. The molecule has 0 heterocycles. The summed E-state index contributed by atoms with van der Waals surface area (Å²) in [5.74, 6) is -0.106. The van der Waals surface area contributed by atoms with E-state index in [1.807, 2.05) is 6.07 Å². The summed E-state index contributed by atoms with van der Waals surface area (Å²) < 4.78 is 5.82. The van der Waals surface area contributed by atoms with Crippen LogP contribution in [0, 0.1) is 0 Å². The minimum atomic E-state index is -1.08. The first-order chi connectivity index (χ1) is 12.6. The highest BCUT2D eigenvalue weighted by Gasteiger charge is 1.98. The average Bonchev–Trinajstić information content (AvgIpc) is 2.65. The van der Waals surface area contributed by atoms with Crippen molar-refractivity contribution >= 4 is 5.97 Å². The minimum absolute atomic E-state index is 0.832. The summed E-state index contributed by atoms with van der Waals surface area (Å²) in [5.41, 5.74) is 2.49. The number of hydrogen-bond acceptors (Lipinski definition) is 3. The second-order valence-electron chi connectivity index (χ2n) is 6.35. The Morgan fingerprint density at radius 3 is 1.88 bits per heavy atom. The summed E-state index contributed by atoms with van der Waals surface area (Å²) in [7, 11) is 0. The fourth-order valence-electron chi connectivity index (χ4n) is 2.62. The molecule has 0 aliphatic rings. The van der Waals surface area contributed by atoms with Gasteiger partial charge in [-0.2, -0.15) is 0 Å². The lowest BCUT2D eigenvalue weighted by atomic mass is 10.1. The Bertz CT molecular complexity index is 587. The predicted octanol–water partition coefficient (Wildman–Crippen LogP) is 5.24. The summed E-state index contributed by atoms with van der Waals surface area (Å²) in [6, 6.07) is 18.9. The molecule has 0 amide bonds. The molecule has 0 bridgehead atoms. The minimum Gasteiger partial charge on any atom is -0.550 e. The molecule has 0 saturated heterocycles. The molecule has 26 heavy (non-hydrogen) atoms. The molecular weight excluding hydrogens is 324 g/mol. The maximum Gasteiger partial charge on any atom is 0.119 e. The highest BCUT2D eigenvalue weighted by molar-refractivity contribution is 5.63. The Kier molecular flexibility index (Phi) is 11.7. The lowest BCUT2D eigenvalue weighted by Gasteiger charge is -2.07. The molecule has 0 radical (unpaired) electrons. The van der Waals surface area contributed by atoms with E-state index in [-0.39, 0.29) is 0 Å². The first kappa shape index (κ1) is 21.8. The van der Waals surface area contributed by atoms with E-state index < -0.39 is 5.97 Å². The Morgan fingerprint density at radius 2 is 1.31 bits per heavy atom. The standard InChI is InChI=1S/C21H28O.C2H4O2/c1-2-3-4-5-6-7-11-18-22-21-16-14-20(15-17-21)19-12-9-8-10-13-19;1-2(3)4/h8-10,12-17H,2-7,11,18H2,1H3;1H3,(H,3,4)/p-1. The molecule has 2 aromatic rings. The number of aliphatic carboxylic acids is 1. The second-order valence-corrected chi connectivity index (χ2v) is 6.35. The molecule has 0 aliphatic heterocycles. The van der Waals surface area contributed by atoms with Gasteiger partial charge in [-0.25, -0.2) is 0 Å². The number of unbranched alkanes of at least 4 members (excludes halogenated alkanes) is 6. The first-order valence-corrected chi connectivity index (χ1v) is 9.59. The first-order valence-electron chi connectivity index (χ1n) is 9.59. The van der Waals surface area contributed by atoms with Crippen molar-refractivity contribution in [3.8, 4) is 16.9 Å². The number of benzene rings is 2. The van der Waals surface area contributed by atoms with Crippen molar-refractivity contribution < 1.29 is 14.6 Å². The predicted molar refractivity (Wildman–Crippen MR) is 106 cm³/mol. The topological polar surface area (TPSA) is 49.4 Å². The molecule has 2 aromatic carbocycles. The zero-order chi connectivity index (χ0) is 19.0. The Balaban J connectivity index is 0.000000765. The van der Waals surface area contributed by atoms with Crippen LogP contribution in [-0.2, 0) is 4.79 Å². The summed E-state index contributed by atoms with van der Waals surface area (Å²) in [6.07, 6.45) is 9.25. The molecule has 0 aliphatic carbocycles. The summed E-state index contributed by atoms with van der Waals surface area (Å²) in [4.78, 5) is 8.89. The van der Waals surface area contributed by atoms with Crippen molar-refractivity contribution in [3.05, 3.63) is 54.6 Å². The van der Waals surface area contributed by atoms with E-state index in [1.165, 1.54) is 49.7 Å². The molecule has 0 saturated carbocycles. The molecular formula is C23H31O3-. The van der Waals surface area contributed by atoms with Crippen molar-refractivity contribution in [1.82, 2.24) is 0 Å². The van der Waals surface area contributed by atoms with Gasteiger partial charge < -0.3 is 14.6 Å². The van der Waals surface area contributed by atoms with E-state index in [1.54, 1.807) is 0 Å². The fourth-order valence-corrected chi connectivity index (χ4v) is 2.62. The Morgan fingerprint density at radius 1 is 0.808 bits per heavy atom. The van der Waals surface area contributed by atoms with Gasteiger partial charge in [0, 0.05) is 5.97 Å². The van der Waals surface area contributed by atoms with Gasteiger partial charge in [-0.1, -0.05) is 87.9 Å². The molecule has 0 fully saturated rings. The zero-order valence-corrected chi connectivity index (χ0v) is 16.1. The molecule has 142 valence electrons. The highest BCUT2D eigenvalue weighted by Crippen LogP contribution is 2.22. The van der Waals surface area contributed by atoms with Gasteiger partial charge in [-0.3, -0.25) is 0 Å². The number of rotatable bonds is 10. The molecule has 0 N–H and O–H groups in total. The van der Waals surface area contributed by atoms with Gasteiger partial charge in [0.25, 0.3) is 0 Å². The number of carboxylic acid groups (broad SMARTS) is 1. The number of carbonyl (C=O) groups excluding carboxylic acids is 1. The fraction of sp³-hybridized carbons (Fsp3) is 0.435. The van der Waals surface area contributed by atoms with Crippen LogP contribution in [0.15, 0.2) is 54.6 Å². The molecule has 0 atom stereocenters. The van der Waals surface area contributed by atoms with Crippen LogP contribution in [0.25, 0.3) is 11.1 Å². The van der Waals surface area contributed by atoms with Crippen LogP contribution in [0.2, 0.25) is 0 Å². The van der Waals surface area contributed by atoms with Crippen LogP contribution in [-0.4, -0.2) is 12.6 Å².